The fourth-order valence-electron chi connectivity index (χ4n) is 4.25. The third-order valence-corrected chi connectivity index (χ3v) is 6.66. The maximum absolute atomic E-state index is 14.5. The lowest BCUT2D eigenvalue weighted by Crippen LogP contribution is -2.55. The number of aromatic nitrogens is 2. The molecule has 41 heavy (non-hydrogen) atoms. The molecule has 0 unspecified atom stereocenters. The summed E-state index contributed by atoms with van der Waals surface area (Å²) in [4.78, 5) is 18.7. The zero-order valence-electron chi connectivity index (χ0n) is 20.5. The number of aromatic amines is 1. The van der Waals surface area contributed by atoms with Crippen molar-refractivity contribution in [3.63, 3.8) is 0 Å². The summed E-state index contributed by atoms with van der Waals surface area (Å²) < 4.78 is 24.4. The van der Waals surface area contributed by atoms with E-state index >= 15 is 0 Å². The van der Waals surface area contributed by atoms with Crippen LogP contribution in [0.25, 0.3) is 10.9 Å². The number of ether oxygens (including phenoxy) is 2. The van der Waals surface area contributed by atoms with E-state index in [-0.39, 0.29) is 31.6 Å². The van der Waals surface area contributed by atoms with Crippen LogP contribution >= 0.6 is 15.9 Å². The van der Waals surface area contributed by atoms with Crippen molar-refractivity contribution in [2.24, 2.45) is 5.92 Å². The van der Waals surface area contributed by atoms with E-state index in [2.05, 4.69) is 36.0 Å². The molecule has 1 aliphatic heterocycles. The van der Waals surface area contributed by atoms with Crippen molar-refractivity contribution in [2.75, 3.05) is 18.4 Å². The van der Waals surface area contributed by atoms with E-state index in [1.54, 1.807) is 0 Å². The first-order valence-electron chi connectivity index (χ1n) is 11.5. The predicted octanol–water partition coefficient (Wildman–Crippen LogP) is -1.74. The summed E-state index contributed by atoms with van der Waals surface area (Å²) >= 11 is 3.07. The number of fused-ring (bicyclic) bond motifs is 1. The second kappa shape index (κ2) is 10.8. The largest absolute Gasteiger partial charge is 0.504 e. The average molecular weight is 651 g/mol. The summed E-state index contributed by atoms with van der Waals surface area (Å²) in [6.07, 6.45) is -7.71. The molecule has 0 atom stereocenters. The van der Waals surface area contributed by atoms with Crippen molar-refractivity contribution < 1.29 is 64.9 Å². The number of likely N-dealkylation sites (tertiary alicyclic amines) is 1. The number of nitrogens with one attached hydrogen (secondary N) is 2. The minimum atomic E-state index is -4.04. The monoisotopic (exact) mass is 650 g/mol. The van der Waals surface area contributed by atoms with Crippen LogP contribution in [-0.2, 0) is 0 Å². The summed E-state index contributed by atoms with van der Waals surface area (Å²) in [5, 5.41) is 101. The van der Waals surface area contributed by atoms with Crippen LogP contribution in [0.3, 0.4) is 0 Å². The smallest absolute Gasteiger partial charge is 0.453 e. The van der Waals surface area contributed by atoms with Gasteiger partial charge in [-0.2, -0.15) is 4.98 Å². The lowest BCUT2D eigenvalue weighted by Gasteiger charge is -2.40. The Bertz CT molecular complexity index is 1510. The lowest BCUT2D eigenvalue weighted by molar-refractivity contribution is -0.420. The van der Waals surface area contributed by atoms with Gasteiger partial charge in [-0.25, -0.2) is 14.1 Å². The molecule has 1 aliphatic rings. The quantitative estimate of drug-likeness (QED) is 0.0952. The first-order valence-corrected chi connectivity index (χ1v) is 12.3. The number of phenolic OH excluding ortho intramolecular Hbond substituents is 2. The highest BCUT2D eigenvalue weighted by molar-refractivity contribution is 9.10. The molecule has 224 valence electrons. The van der Waals surface area contributed by atoms with E-state index in [0.29, 0.717) is 4.47 Å². The maximum Gasteiger partial charge on any atom is 0.453 e. The van der Waals surface area contributed by atoms with Gasteiger partial charge in [0.25, 0.3) is 0 Å². The van der Waals surface area contributed by atoms with Crippen LogP contribution in [0.2, 0.25) is 0 Å². The van der Waals surface area contributed by atoms with E-state index in [9.17, 15) is 60.3 Å². The molecule has 0 saturated carbocycles. The van der Waals surface area contributed by atoms with Gasteiger partial charge in [-0.15, -0.1) is 0 Å². The second-order valence-electron chi connectivity index (χ2n) is 9.04. The molecule has 2 heterocycles. The van der Waals surface area contributed by atoms with Gasteiger partial charge >= 0.3 is 23.9 Å². The van der Waals surface area contributed by atoms with Crippen LogP contribution in [0.1, 0.15) is 12.8 Å². The Balaban J connectivity index is 1.83. The van der Waals surface area contributed by atoms with Crippen molar-refractivity contribution in [1.82, 2.24) is 14.9 Å². The van der Waals surface area contributed by atoms with Crippen LogP contribution in [0.4, 0.5) is 15.9 Å². The van der Waals surface area contributed by atoms with Crippen LogP contribution in [-0.4, -0.2) is 97.3 Å². The number of phenols is 2. The highest BCUT2D eigenvalue weighted by Gasteiger charge is 2.45. The third-order valence-electron chi connectivity index (χ3n) is 6.17. The molecule has 0 bridgehead atoms. The van der Waals surface area contributed by atoms with Crippen molar-refractivity contribution in [3.8, 4) is 23.0 Å². The first-order chi connectivity index (χ1) is 18.9. The Morgan fingerprint density at radius 1 is 1.00 bits per heavy atom. The SMILES string of the molecule is O=c1nc(Nc2ccc(Br)cc2F)c2c(O)c(OC(O)(O)O)c(OC(O)(O)C3CCN(C(O)(O)O)CC3)c(O)c2[nH]1. The molecule has 1 fully saturated rings. The summed E-state index contributed by atoms with van der Waals surface area (Å²) in [6, 6.07) is 3.71. The molecule has 19 heteroatoms. The van der Waals surface area contributed by atoms with Crippen molar-refractivity contribution in [2.45, 2.75) is 31.1 Å². The van der Waals surface area contributed by atoms with Gasteiger partial charge in [0.05, 0.1) is 17.0 Å². The molecule has 17 nitrogen and oxygen atoms in total. The number of aliphatic hydroxyl groups is 8. The predicted molar refractivity (Wildman–Crippen MR) is 135 cm³/mol. The number of rotatable bonds is 8. The Morgan fingerprint density at radius 2 is 1.61 bits per heavy atom. The molecular formula is C22H24BrFN4O13. The fraction of sp³-hybridized carbons (Fsp3) is 0.364. The zero-order valence-corrected chi connectivity index (χ0v) is 22.1. The normalized spacial score (nSPS) is 15.8. The van der Waals surface area contributed by atoms with E-state index in [4.69, 9.17) is 4.74 Å². The van der Waals surface area contributed by atoms with Crippen LogP contribution in [0.15, 0.2) is 27.5 Å². The molecule has 1 aromatic heterocycles. The Labute approximate surface area is 235 Å². The highest BCUT2D eigenvalue weighted by atomic mass is 79.9. The van der Waals surface area contributed by atoms with Gasteiger partial charge in [-0.05, 0) is 31.0 Å². The maximum atomic E-state index is 14.5. The summed E-state index contributed by atoms with van der Waals surface area (Å²) in [6.45, 7) is -0.571. The van der Waals surface area contributed by atoms with Gasteiger partial charge < -0.3 is 70.8 Å². The minimum Gasteiger partial charge on any atom is -0.504 e. The molecule has 4 rings (SSSR count). The number of aromatic hydroxyl groups is 2. The Hall–Kier alpha value is -3.37. The van der Waals surface area contributed by atoms with Gasteiger partial charge in [-0.3, -0.25) is 0 Å². The molecule has 0 amide bonds. The van der Waals surface area contributed by atoms with E-state index < -0.39 is 75.4 Å². The first kappa shape index (κ1) is 30.6. The number of H-pyrrole nitrogens is 1. The van der Waals surface area contributed by atoms with Crippen molar-refractivity contribution in [1.29, 1.82) is 0 Å². The summed E-state index contributed by atoms with van der Waals surface area (Å²) in [5.74, 6) is -10.9. The van der Waals surface area contributed by atoms with Crippen molar-refractivity contribution in [3.05, 3.63) is 39.0 Å². The van der Waals surface area contributed by atoms with Gasteiger partial charge in [0.2, 0.25) is 11.5 Å². The second-order valence-corrected chi connectivity index (χ2v) is 9.96. The Kier molecular flexibility index (Phi) is 8.05. The van der Waals surface area contributed by atoms with Gasteiger partial charge in [0, 0.05) is 17.6 Å². The number of anilines is 2. The van der Waals surface area contributed by atoms with Crippen molar-refractivity contribution >= 4 is 38.3 Å². The standard InChI is InChI=1S/C22H24BrFN4O13/c23-9-1-2-11(10(24)7-9)25-18-12-13(26-19(31)27-18)15(30)17(16(14(12)29)41-22(37,38)39)40-20(32,33)8-3-5-28(6-4-8)21(34,35)36/h1-2,7-8,29-30,32-39H,3-6H2,(H2,25,26,27,31). The summed E-state index contributed by atoms with van der Waals surface area (Å²) in [7, 11) is 0. The third kappa shape index (κ3) is 6.59. The number of benzene rings is 2. The Morgan fingerprint density at radius 3 is 2.17 bits per heavy atom. The molecule has 0 radical (unpaired) electrons. The van der Waals surface area contributed by atoms with E-state index in [1.807, 2.05) is 0 Å². The lowest BCUT2D eigenvalue weighted by atomic mass is 9.94. The van der Waals surface area contributed by atoms with Crippen LogP contribution in [0.5, 0.6) is 23.0 Å². The fourth-order valence-corrected chi connectivity index (χ4v) is 4.58. The molecule has 1 saturated heterocycles. The highest BCUT2D eigenvalue weighted by Crippen LogP contribution is 2.53. The topological polar surface area (TPSA) is 282 Å². The molecule has 12 N–H and O–H groups in total. The number of hydrogen-bond donors (Lipinski definition) is 12. The molecule has 2 aromatic carbocycles. The van der Waals surface area contributed by atoms with Gasteiger partial charge in [0.1, 0.15) is 17.2 Å². The van der Waals surface area contributed by atoms with Gasteiger partial charge in [0.15, 0.2) is 11.5 Å². The number of piperidine rings is 1. The number of halogens is 2. The zero-order chi connectivity index (χ0) is 30.5. The van der Waals surface area contributed by atoms with Crippen LogP contribution < -0.4 is 20.5 Å². The van der Waals surface area contributed by atoms with E-state index in [0.717, 1.165) is 11.0 Å². The van der Waals surface area contributed by atoms with Gasteiger partial charge in [-0.1, -0.05) is 15.9 Å². The van der Waals surface area contributed by atoms with E-state index in [1.165, 1.54) is 12.1 Å². The minimum absolute atomic E-state index is 0.246. The molecule has 0 spiro atoms. The average Bonchev–Trinajstić information content (AvgIpc) is 2.85. The number of hydrogen-bond acceptors (Lipinski definition) is 16. The molecule has 0 aliphatic carbocycles. The molecular weight excluding hydrogens is 627 g/mol. The molecule has 3 aromatic rings. The number of nitrogens with zero attached hydrogens (tertiary/aromatic N) is 2. The summed E-state index contributed by atoms with van der Waals surface area (Å²) in [5.41, 5.74) is -2.09. The van der Waals surface area contributed by atoms with Crippen LogP contribution in [0, 0.1) is 11.7 Å².